The second-order valence-corrected chi connectivity index (χ2v) is 3.09. The summed E-state index contributed by atoms with van der Waals surface area (Å²) in [6, 6.07) is 3.08. The Morgan fingerprint density at radius 3 is 3.00 bits per heavy atom. The van der Waals surface area contributed by atoms with Crippen molar-refractivity contribution in [2.75, 3.05) is 5.32 Å². The first-order valence-electron chi connectivity index (χ1n) is 4.62. The van der Waals surface area contributed by atoms with E-state index in [0.29, 0.717) is 0 Å². The summed E-state index contributed by atoms with van der Waals surface area (Å²) in [5.41, 5.74) is 0. The number of nitrogens with zero attached hydrogens (tertiary/aromatic N) is 3. The Bertz CT molecular complexity index is 531. The van der Waals surface area contributed by atoms with E-state index in [1.54, 1.807) is 6.07 Å². The number of carboxylic acids is 1. The minimum atomic E-state index is -1.07. The number of nitrogens with one attached hydrogen (secondary N) is 1. The molecule has 2 N–H and O–H groups in total. The maximum absolute atomic E-state index is 11.5. The average Bonchev–Trinajstić information content (AvgIpc) is 2.87. The Hall–Kier alpha value is -2.64. The van der Waals surface area contributed by atoms with Crippen LogP contribution in [0.3, 0.4) is 0 Å². The minimum Gasteiger partial charge on any atom is -0.480 e. The van der Waals surface area contributed by atoms with Crippen LogP contribution in [0.2, 0.25) is 0 Å². The molecule has 0 spiro atoms. The normalized spacial score (nSPS) is 10.1. The fourth-order valence-electron chi connectivity index (χ4n) is 1.14. The van der Waals surface area contributed by atoms with Gasteiger partial charge in [-0.05, 0) is 12.1 Å². The average molecular weight is 236 g/mol. The summed E-state index contributed by atoms with van der Waals surface area (Å²) in [6.45, 7) is -0.364. The molecule has 0 radical (unpaired) electrons. The highest BCUT2D eigenvalue weighted by Gasteiger charge is 2.11. The molecule has 2 aromatic rings. The van der Waals surface area contributed by atoms with Crippen molar-refractivity contribution >= 4 is 17.7 Å². The van der Waals surface area contributed by atoms with E-state index in [-0.39, 0.29) is 18.1 Å². The fraction of sp³-hybridized carbons (Fsp3) is 0.111. The van der Waals surface area contributed by atoms with Crippen LogP contribution in [-0.2, 0) is 11.3 Å². The van der Waals surface area contributed by atoms with Gasteiger partial charge in [-0.1, -0.05) is 0 Å². The third kappa shape index (κ3) is 2.68. The van der Waals surface area contributed by atoms with Gasteiger partial charge in [0.15, 0.2) is 18.1 Å². The molecule has 2 rings (SSSR count). The molecule has 0 bridgehead atoms. The molecule has 0 aromatic carbocycles. The van der Waals surface area contributed by atoms with Crippen molar-refractivity contribution in [1.82, 2.24) is 15.0 Å². The van der Waals surface area contributed by atoms with Gasteiger partial charge in [-0.25, -0.2) is 0 Å². The Labute approximate surface area is 94.8 Å². The van der Waals surface area contributed by atoms with Gasteiger partial charge in [0, 0.05) is 0 Å². The lowest BCUT2D eigenvalue weighted by Crippen LogP contribution is -2.14. The van der Waals surface area contributed by atoms with E-state index in [9.17, 15) is 9.59 Å². The largest absolute Gasteiger partial charge is 0.480 e. The smallest absolute Gasteiger partial charge is 0.327 e. The molecule has 2 aromatic heterocycles. The number of carbonyl (C=O) groups is 2. The van der Waals surface area contributed by atoms with Crippen LogP contribution in [-0.4, -0.2) is 32.0 Å². The third-order valence-corrected chi connectivity index (χ3v) is 1.80. The summed E-state index contributed by atoms with van der Waals surface area (Å²) in [4.78, 5) is 22.9. The molecule has 88 valence electrons. The first kappa shape index (κ1) is 10.9. The Balaban J connectivity index is 2.02. The number of amides is 1. The second-order valence-electron chi connectivity index (χ2n) is 3.09. The van der Waals surface area contributed by atoms with Crippen molar-refractivity contribution in [1.29, 1.82) is 0 Å². The Morgan fingerprint density at radius 2 is 2.35 bits per heavy atom. The Morgan fingerprint density at radius 1 is 1.53 bits per heavy atom. The summed E-state index contributed by atoms with van der Waals surface area (Å²) in [7, 11) is 0. The summed E-state index contributed by atoms with van der Waals surface area (Å²) < 4.78 is 4.88. The number of anilines is 1. The van der Waals surface area contributed by atoms with Crippen LogP contribution in [0.5, 0.6) is 0 Å². The van der Waals surface area contributed by atoms with E-state index >= 15 is 0 Å². The van der Waals surface area contributed by atoms with Crippen LogP contribution < -0.4 is 5.32 Å². The zero-order valence-corrected chi connectivity index (χ0v) is 8.53. The number of rotatable bonds is 4. The molecule has 0 saturated carbocycles. The summed E-state index contributed by atoms with van der Waals surface area (Å²) >= 11 is 0. The monoisotopic (exact) mass is 236 g/mol. The zero-order valence-electron chi connectivity index (χ0n) is 8.53. The molecule has 8 heteroatoms. The number of carbonyl (C=O) groups excluding carboxylic acids is 1. The number of hydrogen-bond acceptors (Lipinski definition) is 5. The molecule has 0 unspecified atom stereocenters. The predicted octanol–water partition coefficient (Wildman–Crippen LogP) is 0.208. The van der Waals surface area contributed by atoms with Crippen molar-refractivity contribution in [3.8, 4) is 0 Å². The first-order valence-corrected chi connectivity index (χ1v) is 4.62. The lowest BCUT2D eigenvalue weighted by molar-refractivity contribution is -0.138. The van der Waals surface area contributed by atoms with Crippen LogP contribution in [0.4, 0.5) is 5.82 Å². The van der Waals surface area contributed by atoms with Gasteiger partial charge >= 0.3 is 5.97 Å². The molecule has 0 saturated heterocycles. The van der Waals surface area contributed by atoms with Gasteiger partial charge in [0.25, 0.3) is 5.91 Å². The van der Waals surface area contributed by atoms with Gasteiger partial charge < -0.3 is 14.8 Å². The summed E-state index contributed by atoms with van der Waals surface area (Å²) in [5, 5.41) is 18.3. The SMILES string of the molecule is O=C(O)Cn1ncc(NC(=O)c2ccco2)n1. The van der Waals surface area contributed by atoms with Crippen LogP contribution in [0.1, 0.15) is 10.6 Å². The maximum atomic E-state index is 11.5. The molecule has 0 aliphatic rings. The van der Waals surface area contributed by atoms with Crippen molar-refractivity contribution in [2.45, 2.75) is 6.54 Å². The molecule has 0 aliphatic heterocycles. The lowest BCUT2D eigenvalue weighted by atomic mass is 10.4. The number of aromatic nitrogens is 3. The maximum Gasteiger partial charge on any atom is 0.327 e. The quantitative estimate of drug-likeness (QED) is 0.784. The van der Waals surface area contributed by atoms with E-state index in [1.807, 2.05) is 0 Å². The molecular formula is C9H8N4O4. The lowest BCUT2D eigenvalue weighted by Gasteiger charge is -1.97. The summed E-state index contributed by atoms with van der Waals surface area (Å²) in [6.07, 6.45) is 2.62. The highest BCUT2D eigenvalue weighted by molar-refractivity contribution is 6.01. The molecule has 17 heavy (non-hydrogen) atoms. The van der Waals surface area contributed by atoms with E-state index in [4.69, 9.17) is 9.52 Å². The molecule has 2 heterocycles. The fourth-order valence-corrected chi connectivity index (χ4v) is 1.14. The topological polar surface area (TPSA) is 110 Å². The van der Waals surface area contributed by atoms with E-state index in [2.05, 4.69) is 15.5 Å². The van der Waals surface area contributed by atoms with Gasteiger partial charge in [-0.3, -0.25) is 9.59 Å². The standard InChI is InChI=1S/C9H8N4O4/c14-8(15)5-13-10-4-7(12-13)11-9(16)6-2-1-3-17-6/h1-4H,5H2,(H,14,15)(H,11,12,16). The minimum absolute atomic E-state index is 0.137. The highest BCUT2D eigenvalue weighted by atomic mass is 16.4. The van der Waals surface area contributed by atoms with Gasteiger partial charge in [-0.15, -0.1) is 5.10 Å². The zero-order chi connectivity index (χ0) is 12.3. The van der Waals surface area contributed by atoms with Crippen molar-refractivity contribution < 1.29 is 19.1 Å². The molecule has 0 aliphatic carbocycles. The van der Waals surface area contributed by atoms with E-state index in [1.165, 1.54) is 18.5 Å². The van der Waals surface area contributed by atoms with Crippen LogP contribution in [0, 0.1) is 0 Å². The van der Waals surface area contributed by atoms with Gasteiger partial charge in [0.2, 0.25) is 0 Å². The van der Waals surface area contributed by atoms with Crippen molar-refractivity contribution in [3.63, 3.8) is 0 Å². The van der Waals surface area contributed by atoms with Crippen molar-refractivity contribution in [3.05, 3.63) is 30.4 Å². The predicted molar refractivity (Wildman–Crippen MR) is 54.3 cm³/mol. The van der Waals surface area contributed by atoms with Crippen LogP contribution in [0.25, 0.3) is 0 Å². The second kappa shape index (κ2) is 4.47. The van der Waals surface area contributed by atoms with E-state index < -0.39 is 11.9 Å². The van der Waals surface area contributed by atoms with Crippen molar-refractivity contribution in [2.24, 2.45) is 0 Å². The highest BCUT2D eigenvalue weighted by Crippen LogP contribution is 2.05. The number of carboxylic acid groups (broad SMARTS) is 1. The van der Waals surface area contributed by atoms with Crippen LogP contribution in [0.15, 0.2) is 29.0 Å². The van der Waals surface area contributed by atoms with Gasteiger partial charge in [0.1, 0.15) is 0 Å². The molecule has 1 amide bonds. The molecule has 8 nitrogen and oxygen atoms in total. The van der Waals surface area contributed by atoms with Gasteiger partial charge in [-0.2, -0.15) is 9.90 Å². The number of aliphatic carboxylic acids is 1. The van der Waals surface area contributed by atoms with Crippen LogP contribution >= 0.6 is 0 Å². The molecule has 0 fully saturated rings. The first-order chi connectivity index (χ1) is 8.15. The summed E-state index contributed by atoms with van der Waals surface area (Å²) in [5.74, 6) is -1.24. The molecular weight excluding hydrogens is 228 g/mol. The Kier molecular flexibility index (Phi) is 2.86. The third-order valence-electron chi connectivity index (χ3n) is 1.80. The van der Waals surface area contributed by atoms with E-state index in [0.717, 1.165) is 4.80 Å². The van der Waals surface area contributed by atoms with Gasteiger partial charge in [0.05, 0.1) is 12.5 Å². The number of furan rings is 1. The molecule has 0 atom stereocenters. The number of hydrogen-bond donors (Lipinski definition) is 2.